The van der Waals surface area contributed by atoms with Gasteiger partial charge in [-0.05, 0) is 5.57 Å². The fraction of sp³-hybridized carbons (Fsp3) is 0.167. The van der Waals surface area contributed by atoms with Crippen molar-refractivity contribution in [2.45, 2.75) is 0 Å². The van der Waals surface area contributed by atoms with Crippen molar-refractivity contribution in [2.24, 2.45) is 5.16 Å². The summed E-state index contributed by atoms with van der Waals surface area (Å²) in [5.41, 5.74) is 0.742. The predicted octanol–water partition coefficient (Wildman–Crippen LogP) is 1.36. The Labute approximate surface area is 49.1 Å². The van der Waals surface area contributed by atoms with Crippen LogP contribution >= 0.6 is 0 Å². The molecular weight excluding hydrogens is 102 g/mol. The molecule has 0 bridgehead atoms. The Morgan fingerprint density at radius 3 is 2.75 bits per heavy atom. The van der Waals surface area contributed by atoms with Crippen LogP contribution in [0.15, 0.2) is 30.0 Å². The summed E-state index contributed by atoms with van der Waals surface area (Å²) in [6.07, 6.45) is 3.09. The van der Waals surface area contributed by atoms with Gasteiger partial charge in [0.2, 0.25) is 0 Å². The molecule has 0 saturated heterocycles. The summed E-state index contributed by atoms with van der Waals surface area (Å²) < 4.78 is 0. The zero-order valence-electron chi connectivity index (χ0n) is 4.92. The van der Waals surface area contributed by atoms with Gasteiger partial charge in [-0.2, -0.15) is 0 Å². The van der Waals surface area contributed by atoms with Crippen LogP contribution in [0.4, 0.5) is 0 Å². The van der Waals surface area contributed by atoms with Crippen molar-refractivity contribution >= 4 is 6.21 Å². The van der Waals surface area contributed by atoms with Crippen LogP contribution in [0, 0.1) is 0 Å². The first-order valence-electron chi connectivity index (χ1n) is 2.19. The van der Waals surface area contributed by atoms with Gasteiger partial charge in [-0.1, -0.05) is 24.4 Å². The summed E-state index contributed by atoms with van der Waals surface area (Å²) in [6.45, 7) is 7.03. The van der Waals surface area contributed by atoms with E-state index in [9.17, 15) is 0 Å². The average molecular weight is 111 g/mol. The lowest BCUT2D eigenvalue weighted by atomic mass is 10.3. The highest BCUT2D eigenvalue weighted by atomic mass is 16.6. The molecule has 0 saturated carbocycles. The van der Waals surface area contributed by atoms with Crippen LogP contribution in [0.5, 0.6) is 0 Å². The average Bonchev–Trinajstić information content (AvgIpc) is 1.83. The molecule has 8 heavy (non-hydrogen) atoms. The van der Waals surface area contributed by atoms with Gasteiger partial charge in [-0.15, -0.1) is 0 Å². The fourth-order valence-corrected chi connectivity index (χ4v) is 0.173. The second kappa shape index (κ2) is 4.12. The minimum atomic E-state index is 0.742. The summed E-state index contributed by atoms with van der Waals surface area (Å²) in [4.78, 5) is 4.38. The molecule has 0 N–H and O–H groups in total. The van der Waals surface area contributed by atoms with Crippen molar-refractivity contribution in [1.82, 2.24) is 0 Å². The first-order chi connectivity index (χ1) is 3.81. The van der Waals surface area contributed by atoms with Crippen LogP contribution in [0.2, 0.25) is 0 Å². The first-order valence-corrected chi connectivity index (χ1v) is 2.19. The minimum Gasteiger partial charge on any atom is -0.399 e. The third-order valence-electron chi connectivity index (χ3n) is 0.586. The number of rotatable bonds is 3. The van der Waals surface area contributed by atoms with E-state index < -0.39 is 0 Å². The molecule has 0 amide bonds. The van der Waals surface area contributed by atoms with Crippen molar-refractivity contribution in [3.63, 3.8) is 0 Å². The molecule has 2 nitrogen and oxygen atoms in total. The number of hydrogen-bond donors (Lipinski definition) is 0. The third kappa shape index (κ3) is 3.15. The van der Waals surface area contributed by atoms with Crippen molar-refractivity contribution in [2.75, 3.05) is 7.11 Å². The summed E-state index contributed by atoms with van der Waals surface area (Å²) in [7, 11) is 1.48. The molecule has 0 fully saturated rings. The van der Waals surface area contributed by atoms with Crippen molar-refractivity contribution in [3.8, 4) is 0 Å². The van der Waals surface area contributed by atoms with E-state index in [0.29, 0.717) is 0 Å². The maximum absolute atomic E-state index is 4.38. The van der Waals surface area contributed by atoms with Gasteiger partial charge in [0.15, 0.2) is 0 Å². The van der Waals surface area contributed by atoms with Crippen LogP contribution < -0.4 is 0 Å². The van der Waals surface area contributed by atoms with Gasteiger partial charge in [-0.25, -0.2) is 0 Å². The molecule has 0 radical (unpaired) electrons. The quantitative estimate of drug-likeness (QED) is 0.306. The van der Waals surface area contributed by atoms with Crippen LogP contribution in [-0.4, -0.2) is 13.3 Å². The van der Waals surface area contributed by atoms with Gasteiger partial charge < -0.3 is 4.84 Å². The molecule has 0 aliphatic rings. The zero-order valence-corrected chi connectivity index (χ0v) is 4.92. The molecule has 44 valence electrons. The predicted molar refractivity (Wildman–Crippen MR) is 34.8 cm³/mol. The standard InChI is InChI=1S/C6H9NO/c1-4-6(2)5-7-8-3/h4-5H,1-2H2,3H3/b7-5+. The Balaban J connectivity index is 3.52. The lowest BCUT2D eigenvalue weighted by molar-refractivity contribution is 0.215. The number of hydrogen-bond acceptors (Lipinski definition) is 2. The first kappa shape index (κ1) is 6.95. The second-order valence-electron chi connectivity index (χ2n) is 1.20. The monoisotopic (exact) mass is 111 g/mol. The number of oxime groups is 1. The molecular formula is C6H9NO. The van der Waals surface area contributed by atoms with E-state index in [2.05, 4.69) is 23.2 Å². The minimum absolute atomic E-state index is 0.742. The van der Waals surface area contributed by atoms with E-state index in [0.717, 1.165) is 5.57 Å². The maximum Gasteiger partial charge on any atom is 0.106 e. The SMILES string of the molecule is C=CC(=C)/C=N/OC. The van der Waals surface area contributed by atoms with Gasteiger partial charge >= 0.3 is 0 Å². The third-order valence-corrected chi connectivity index (χ3v) is 0.586. The molecule has 0 heterocycles. The van der Waals surface area contributed by atoms with Gasteiger partial charge in [0, 0.05) is 0 Å². The van der Waals surface area contributed by atoms with E-state index in [-0.39, 0.29) is 0 Å². The molecule has 0 aromatic rings. The number of nitrogens with zero attached hydrogens (tertiary/aromatic N) is 1. The lowest BCUT2D eigenvalue weighted by Gasteiger charge is -1.84. The summed E-state index contributed by atoms with van der Waals surface area (Å²) in [5, 5.41) is 3.45. The summed E-state index contributed by atoms with van der Waals surface area (Å²) in [6, 6.07) is 0. The van der Waals surface area contributed by atoms with Crippen LogP contribution in [0.1, 0.15) is 0 Å². The van der Waals surface area contributed by atoms with E-state index >= 15 is 0 Å². The van der Waals surface area contributed by atoms with E-state index in [1.807, 2.05) is 0 Å². The Morgan fingerprint density at radius 1 is 1.75 bits per heavy atom. The fourth-order valence-electron chi connectivity index (χ4n) is 0.173. The molecule has 0 atom stereocenters. The highest BCUT2D eigenvalue weighted by Gasteiger charge is 1.74. The van der Waals surface area contributed by atoms with Crippen LogP contribution in [0.25, 0.3) is 0 Å². The van der Waals surface area contributed by atoms with Gasteiger partial charge in [0.25, 0.3) is 0 Å². The normalized spacial score (nSPS) is 9.12. The largest absolute Gasteiger partial charge is 0.399 e. The van der Waals surface area contributed by atoms with Crippen molar-refractivity contribution in [3.05, 3.63) is 24.8 Å². The molecule has 0 aromatic carbocycles. The summed E-state index contributed by atoms with van der Waals surface area (Å²) >= 11 is 0. The number of allylic oxidation sites excluding steroid dienone is 2. The van der Waals surface area contributed by atoms with Crippen molar-refractivity contribution in [1.29, 1.82) is 0 Å². The maximum atomic E-state index is 4.38. The Hall–Kier alpha value is -1.05. The van der Waals surface area contributed by atoms with Crippen LogP contribution in [0.3, 0.4) is 0 Å². The molecule has 0 aliphatic carbocycles. The van der Waals surface area contributed by atoms with Gasteiger partial charge in [-0.3, -0.25) is 0 Å². The van der Waals surface area contributed by atoms with E-state index in [4.69, 9.17) is 0 Å². The topological polar surface area (TPSA) is 21.6 Å². The van der Waals surface area contributed by atoms with Gasteiger partial charge in [0.1, 0.15) is 7.11 Å². The molecule has 0 rings (SSSR count). The van der Waals surface area contributed by atoms with Crippen LogP contribution in [-0.2, 0) is 4.84 Å². The molecule has 0 aromatic heterocycles. The molecule has 0 aliphatic heterocycles. The molecule has 2 heteroatoms. The van der Waals surface area contributed by atoms with E-state index in [1.165, 1.54) is 13.3 Å². The Kier molecular flexibility index (Phi) is 3.58. The zero-order chi connectivity index (χ0) is 6.41. The summed E-state index contributed by atoms with van der Waals surface area (Å²) in [5.74, 6) is 0. The van der Waals surface area contributed by atoms with Gasteiger partial charge in [0.05, 0.1) is 6.21 Å². The van der Waals surface area contributed by atoms with Crippen molar-refractivity contribution < 1.29 is 4.84 Å². The Morgan fingerprint density at radius 2 is 2.38 bits per heavy atom. The highest BCUT2D eigenvalue weighted by Crippen LogP contribution is 1.83. The molecule has 0 spiro atoms. The highest BCUT2D eigenvalue weighted by molar-refractivity contribution is 5.80. The van der Waals surface area contributed by atoms with E-state index in [1.54, 1.807) is 6.08 Å². The smallest absolute Gasteiger partial charge is 0.106 e. The molecule has 0 unspecified atom stereocenters. The Bertz CT molecular complexity index is 116. The lowest BCUT2D eigenvalue weighted by Crippen LogP contribution is -1.75. The second-order valence-corrected chi connectivity index (χ2v) is 1.20.